The molecule has 2 atom stereocenters. The largest absolute Gasteiger partial charge is 0.494 e. The molecule has 0 saturated carbocycles. The van der Waals surface area contributed by atoms with Crippen molar-refractivity contribution in [3.63, 3.8) is 0 Å². The number of hydrogen-bond acceptors (Lipinski definition) is 10. The van der Waals surface area contributed by atoms with Gasteiger partial charge in [-0.1, -0.05) is 58.8 Å². The quantitative estimate of drug-likeness (QED) is 0.0527. The van der Waals surface area contributed by atoms with Gasteiger partial charge in [-0.25, -0.2) is 10.4 Å². The normalized spacial score (nSPS) is 17.1. The van der Waals surface area contributed by atoms with Gasteiger partial charge >= 0.3 is 0 Å². The molecule has 0 bridgehead atoms. The average molecular weight is 616 g/mol. The Balaban J connectivity index is 1.87. The number of carbonyl (C=O) groups is 1. The number of ether oxygens (including phenoxy) is 2. The molecule has 3 aromatic rings. The summed E-state index contributed by atoms with van der Waals surface area (Å²) in [6.45, 7) is -0.558. The van der Waals surface area contributed by atoms with E-state index in [0.29, 0.717) is 41.0 Å². The molecular formula is C30H33N9O6. The minimum atomic E-state index is -1.73. The van der Waals surface area contributed by atoms with Gasteiger partial charge in [0, 0.05) is 46.1 Å². The number of hydrogen-bond donors (Lipinski definition) is 5. The summed E-state index contributed by atoms with van der Waals surface area (Å²) in [5.74, 6) is 0.0316. The molecule has 3 aromatic carbocycles. The van der Waals surface area contributed by atoms with E-state index in [4.69, 9.17) is 25.1 Å². The summed E-state index contributed by atoms with van der Waals surface area (Å²) < 4.78 is 12.1. The van der Waals surface area contributed by atoms with Crippen molar-refractivity contribution in [2.75, 3.05) is 26.4 Å². The van der Waals surface area contributed by atoms with Crippen LogP contribution in [0.4, 0.5) is 5.69 Å². The number of carbonyl (C=O) groups excluding carboxylic acids is 1. The van der Waals surface area contributed by atoms with Crippen LogP contribution in [0.5, 0.6) is 5.75 Å². The second-order valence-corrected chi connectivity index (χ2v) is 10.0. The summed E-state index contributed by atoms with van der Waals surface area (Å²) in [5.41, 5.74) is 24.2. The third kappa shape index (κ3) is 7.88. The molecule has 1 heterocycles. The Bertz CT molecular complexity index is 1580. The lowest BCUT2D eigenvalue weighted by molar-refractivity contribution is -0.130. The second-order valence-electron chi connectivity index (χ2n) is 10.0. The molecule has 0 aliphatic carbocycles. The Hall–Kier alpha value is -5.14. The van der Waals surface area contributed by atoms with Crippen molar-refractivity contribution in [1.29, 1.82) is 0 Å². The molecule has 15 heteroatoms. The summed E-state index contributed by atoms with van der Waals surface area (Å²) in [5, 5.41) is 35.8. The van der Waals surface area contributed by atoms with Gasteiger partial charge in [0.15, 0.2) is 11.6 Å². The number of aliphatic hydroxyl groups is 3. The van der Waals surface area contributed by atoms with Crippen LogP contribution in [0.3, 0.4) is 0 Å². The Morgan fingerprint density at radius 2 is 1.71 bits per heavy atom. The van der Waals surface area contributed by atoms with Crippen LogP contribution in [0.1, 0.15) is 34.8 Å². The monoisotopic (exact) mass is 615 g/mol. The summed E-state index contributed by atoms with van der Waals surface area (Å²) in [7, 11) is 0. The Kier molecular flexibility index (Phi) is 11.7. The SMILES string of the molecule is [N-]=[N+]=NCc1ccccc1C[C@]1(C(=O)NNC(CO)CO)N=C(c2ccc(OCCCO)cc2)O[C@H]1c1ccccc1N=[N+]=[N-]. The predicted octanol–water partition coefficient (Wildman–Crippen LogP) is 3.67. The second kappa shape index (κ2) is 16.1. The van der Waals surface area contributed by atoms with Gasteiger partial charge in [0.05, 0.1) is 32.4 Å². The van der Waals surface area contributed by atoms with Crippen molar-refractivity contribution in [2.24, 2.45) is 15.2 Å². The average Bonchev–Trinajstić information content (AvgIpc) is 3.45. The number of nitrogens with zero attached hydrogens (tertiary/aromatic N) is 7. The first-order chi connectivity index (χ1) is 22.0. The number of amides is 1. The fourth-order valence-electron chi connectivity index (χ4n) is 4.81. The van der Waals surface area contributed by atoms with Gasteiger partial charge in [-0.05, 0) is 46.5 Å². The standard InChI is InChI=1S/C30H33N9O6/c31-38-33-17-22-7-2-1-6-21(22)16-30(29(43)37-35-23(18-41)19-42)27(25-8-3-4-9-26(25)36-39-32)45-28(34-30)20-10-12-24(13-11-20)44-15-5-14-40/h1-4,6-13,23,27,35,40-42H,5,14-19H2,(H,37,43)/t27-,30-/m0/s1. The minimum Gasteiger partial charge on any atom is -0.494 e. The van der Waals surface area contributed by atoms with E-state index in [1.165, 1.54) is 0 Å². The van der Waals surface area contributed by atoms with Gasteiger partial charge in [-0.15, -0.1) is 0 Å². The van der Waals surface area contributed by atoms with Crippen LogP contribution in [-0.2, 0) is 22.5 Å². The highest BCUT2D eigenvalue weighted by atomic mass is 16.5. The zero-order chi connectivity index (χ0) is 32.1. The Labute approximate surface area is 258 Å². The van der Waals surface area contributed by atoms with Gasteiger partial charge in [-0.2, -0.15) is 0 Å². The van der Waals surface area contributed by atoms with E-state index in [1.54, 1.807) is 72.8 Å². The first kappa shape index (κ1) is 32.8. The fourth-order valence-corrected chi connectivity index (χ4v) is 4.81. The minimum absolute atomic E-state index is 0.00376. The number of hydrazine groups is 1. The lowest BCUT2D eigenvalue weighted by Crippen LogP contribution is -2.57. The molecule has 4 rings (SSSR count). The van der Waals surface area contributed by atoms with Crippen LogP contribution < -0.4 is 15.6 Å². The first-order valence-corrected chi connectivity index (χ1v) is 14.1. The van der Waals surface area contributed by atoms with Crippen molar-refractivity contribution in [3.8, 4) is 5.75 Å². The van der Waals surface area contributed by atoms with Crippen LogP contribution in [0.2, 0.25) is 0 Å². The third-order valence-corrected chi connectivity index (χ3v) is 7.11. The Morgan fingerprint density at radius 3 is 2.40 bits per heavy atom. The molecule has 45 heavy (non-hydrogen) atoms. The van der Waals surface area contributed by atoms with E-state index < -0.39 is 36.8 Å². The van der Waals surface area contributed by atoms with Crippen molar-refractivity contribution in [2.45, 2.75) is 37.1 Å². The highest BCUT2D eigenvalue weighted by molar-refractivity contribution is 6.01. The van der Waals surface area contributed by atoms with E-state index in [1.807, 2.05) is 0 Å². The maximum absolute atomic E-state index is 14.3. The molecule has 0 spiro atoms. The molecule has 1 amide bonds. The van der Waals surface area contributed by atoms with Crippen molar-refractivity contribution in [1.82, 2.24) is 10.9 Å². The molecule has 0 aromatic heterocycles. The first-order valence-electron chi connectivity index (χ1n) is 14.1. The smallest absolute Gasteiger partial charge is 0.266 e. The van der Waals surface area contributed by atoms with Crippen molar-refractivity contribution in [3.05, 3.63) is 116 Å². The molecule has 15 nitrogen and oxygen atoms in total. The lowest BCUT2D eigenvalue weighted by Gasteiger charge is -2.32. The zero-order valence-electron chi connectivity index (χ0n) is 24.2. The van der Waals surface area contributed by atoms with Crippen LogP contribution >= 0.6 is 0 Å². The molecule has 0 saturated heterocycles. The van der Waals surface area contributed by atoms with E-state index in [-0.39, 0.29) is 31.2 Å². The molecule has 0 radical (unpaired) electrons. The maximum atomic E-state index is 14.3. The number of aliphatic imine (C=N–C) groups is 1. The zero-order valence-corrected chi connectivity index (χ0v) is 24.2. The predicted molar refractivity (Wildman–Crippen MR) is 164 cm³/mol. The van der Waals surface area contributed by atoms with E-state index in [9.17, 15) is 20.5 Å². The molecule has 234 valence electrons. The molecule has 0 fully saturated rings. The molecule has 0 unspecified atom stereocenters. The van der Waals surface area contributed by atoms with E-state index in [2.05, 4.69) is 30.9 Å². The number of aliphatic hydroxyl groups excluding tert-OH is 3. The molecule has 1 aliphatic heterocycles. The van der Waals surface area contributed by atoms with Gasteiger partial charge in [-0.3, -0.25) is 10.2 Å². The van der Waals surface area contributed by atoms with Crippen LogP contribution in [-0.4, -0.2) is 65.1 Å². The van der Waals surface area contributed by atoms with E-state index in [0.717, 1.165) is 0 Å². The number of benzene rings is 3. The van der Waals surface area contributed by atoms with Crippen LogP contribution in [0.15, 0.2) is 88.0 Å². The highest BCUT2D eigenvalue weighted by Crippen LogP contribution is 2.45. The highest BCUT2D eigenvalue weighted by Gasteiger charge is 2.54. The molecular weight excluding hydrogens is 582 g/mol. The molecule has 1 aliphatic rings. The van der Waals surface area contributed by atoms with Gasteiger partial charge in [0.25, 0.3) is 5.91 Å². The lowest BCUT2D eigenvalue weighted by atomic mass is 9.80. The number of azide groups is 2. The van der Waals surface area contributed by atoms with Gasteiger partial charge in [0.1, 0.15) is 5.75 Å². The fraction of sp³-hybridized carbons (Fsp3) is 0.333. The van der Waals surface area contributed by atoms with Gasteiger partial charge < -0.3 is 24.8 Å². The third-order valence-electron chi connectivity index (χ3n) is 7.11. The summed E-state index contributed by atoms with van der Waals surface area (Å²) in [6, 6.07) is 19.8. The van der Waals surface area contributed by atoms with Crippen LogP contribution in [0.25, 0.3) is 20.9 Å². The van der Waals surface area contributed by atoms with Crippen LogP contribution in [0, 0.1) is 0 Å². The van der Waals surface area contributed by atoms with Crippen molar-refractivity contribution >= 4 is 17.5 Å². The maximum Gasteiger partial charge on any atom is 0.266 e. The van der Waals surface area contributed by atoms with Gasteiger partial charge in [0.2, 0.25) is 5.90 Å². The summed E-state index contributed by atoms with van der Waals surface area (Å²) in [4.78, 5) is 25.0. The van der Waals surface area contributed by atoms with Crippen molar-refractivity contribution < 1.29 is 29.6 Å². The summed E-state index contributed by atoms with van der Waals surface area (Å²) >= 11 is 0. The Morgan fingerprint density at radius 1 is 1.00 bits per heavy atom. The van der Waals surface area contributed by atoms with E-state index >= 15 is 0 Å². The summed E-state index contributed by atoms with van der Waals surface area (Å²) in [6.07, 6.45) is -0.683. The number of nitrogens with one attached hydrogen (secondary N) is 2. The number of rotatable bonds is 16. The topological polar surface area (TPSA) is 230 Å². The molecule has 5 N–H and O–H groups in total.